The maximum Gasteiger partial charge on any atom is 0.303 e. The Kier molecular flexibility index (Phi) is 8.65. The average Bonchev–Trinajstić information content (AvgIpc) is 3.17. The lowest BCUT2D eigenvalue weighted by Crippen LogP contribution is -2.28. The molecule has 0 aromatic heterocycles. The quantitative estimate of drug-likeness (QED) is 0.315. The van der Waals surface area contributed by atoms with Crippen molar-refractivity contribution in [2.75, 3.05) is 0 Å². The van der Waals surface area contributed by atoms with Crippen molar-refractivity contribution in [2.45, 2.75) is 83.0 Å². The van der Waals surface area contributed by atoms with Crippen molar-refractivity contribution in [2.24, 2.45) is 11.8 Å². The van der Waals surface area contributed by atoms with Gasteiger partial charge in [-0.25, -0.2) is 9.78 Å². The van der Waals surface area contributed by atoms with Crippen molar-refractivity contribution in [1.29, 1.82) is 0 Å². The van der Waals surface area contributed by atoms with Crippen molar-refractivity contribution in [3.05, 3.63) is 24.3 Å². The lowest BCUT2D eigenvalue weighted by atomic mass is 9.89. The molecule has 5 atom stereocenters. The van der Waals surface area contributed by atoms with E-state index in [2.05, 4.69) is 25.2 Å². The summed E-state index contributed by atoms with van der Waals surface area (Å²) in [6.45, 7) is 2.16. The predicted molar refractivity (Wildman–Crippen MR) is 95.9 cm³/mol. The normalized spacial score (nSPS) is 29.8. The molecule has 2 rings (SSSR count). The van der Waals surface area contributed by atoms with Crippen LogP contribution >= 0.6 is 0 Å². The van der Waals surface area contributed by atoms with Gasteiger partial charge in [0, 0.05) is 24.7 Å². The SMILES string of the molecule is CCCCC[C@H](O)/C=C/[C@@H]1[C@@H](C/C=C/CCCC(=O)O)[C@@H]2C[C@H]1OO2. The van der Waals surface area contributed by atoms with E-state index in [9.17, 15) is 9.90 Å². The van der Waals surface area contributed by atoms with E-state index in [1.807, 2.05) is 6.08 Å². The molecule has 1 aliphatic carbocycles. The predicted octanol–water partition coefficient (Wildman–Crippen LogP) is 4.02. The summed E-state index contributed by atoms with van der Waals surface area (Å²) in [5, 5.41) is 18.7. The molecule has 0 amide bonds. The molecule has 0 aromatic rings. The summed E-state index contributed by atoms with van der Waals surface area (Å²) in [5.74, 6) is -0.0912. The van der Waals surface area contributed by atoms with Crippen LogP contribution in [0.4, 0.5) is 0 Å². The minimum atomic E-state index is -0.741. The highest BCUT2D eigenvalue weighted by atomic mass is 17.2. The lowest BCUT2D eigenvalue weighted by Gasteiger charge is -2.27. The van der Waals surface area contributed by atoms with Crippen LogP contribution in [0.25, 0.3) is 0 Å². The molecule has 2 bridgehead atoms. The number of carbonyl (C=O) groups is 1. The number of hydrogen-bond acceptors (Lipinski definition) is 4. The topological polar surface area (TPSA) is 76.0 Å². The third kappa shape index (κ3) is 6.57. The third-order valence-corrected chi connectivity index (χ3v) is 5.16. The van der Waals surface area contributed by atoms with Gasteiger partial charge in [-0.2, -0.15) is 0 Å². The van der Waals surface area contributed by atoms with Gasteiger partial charge in [-0.3, -0.25) is 4.79 Å². The number of aliphatic hydroxyl groups is 1. The van der Waals surface area contributed by atoms with Crippen LogP contribution in [0, 0.1) is 11.8 Å². The zero-order valence-corrected chi connectivity index (χ0v) is 15.2. The Bertz CT molecular complexity index is 459. The Balaban J connectivity index is 1.78. The number of fused-ring (bicyclic) bond motifs is 2. The molecule has 1 saturated heterocycles. The molecule has 1 aliphatic heterocycles. The van der Waals surface area contributed by atoms with Crippen molar-refractivity contribution >= 4 is 5.97 Å². The minimum absolute atomic E-state index is 0.0921. The summed E-state index contributed by atoms with van der Waals surface area (Å²) in [7, 11) is 0. The van der Waals surface area contributed by atoms with Crippen LogP contribution < -0.4 is 0 Å². The number of carboxylic acids is 1. The van der Waals surface area contributed by atoms with Crippen LogP contribution in [-0.4, -0.2) is 34.5 Å². The molecule has 0 unspecified atom stereocenters. The molecule has 5 nitrogen and oxygen atoms in total. The standard InChI is InChI=1S/C20H32O5/c1-2-3-6-9-15(21)12-13-17-16(18-14-19(17)25-24-18)10-7-4-5-8-11-20(22)23/h4,7,12-13,15-19,21H,2-3,5-6,8-11,14H2,1H3,(H,22,23)/b7-4+,13-12+/t15-,16+,17+,18-,19+/m0/s1. The Morgan fingerprint density at radius 1 is 1.20 bits per heavy atom. The van der Waals surface area contributed by atoms with E-state index in [1.165, 1.54) is 0 Å². The lowest BCUT2D eigenvalue weighted by molar-refractivity contribution is -0.336. The summed E-state index contributed by atoms with van der Waals surface area (Å²) in [6, 6.07) is 0. The highest BCUT2D eigenvalue weighted by Crippen LogP contribution is 2.44. The number of unbranched alkanes of at least 4 members (excludes halogenated alkanes) is 3. The molecule has 0 aromatic carbocycles. The number of carboxylic acid groups (broad SMARTS) is 1. The van der Waals surface area contributed by atoms with Crippen LogP contribution in [0.5, 0.6) is 0 Å². The van der Waals surface area contributed by atoms with Crippen LogP contribution in [0.2, 0.25) is 0 Å². The van der Waals surface area contributed by atoms with E-state index in [4.69, 9.17) is 14.9 Å². The maximum atomic E-state index is 10.5. The molecule has 0 radical (unpaired) electrons. The van der Waals surface area contributed by atoms with Crippen LogP contribution in [0.1, 0.15) is 64.7 Å². The number of aliphatic hydroxyl groups excluding tert-OH is 1. The third-order valence-electron chi connectivity index (χ3n) is 5.16. The second-order valence-electron chi connectivity index (χ2n) is 7.19. The van der Waals surface area contributed by atoms with Gasteiger partial charge in [0.2, 0.25) is 0 Å². The van der Waals surface area contributed by atoms with Crippen LogP contribution in [0.15, 0.2) is 24.3 Å². The summed E-state index contributed by atoms with van der Waals surface area (Å²) in [6.07, 6.45) is 15.8. The first-order valence-corrected chi connectivity index (χ1v) is 9.67. The van der Waals surface area contributed by atoms with Crippen molar-refractivity contribution < 1.29 is 24.8 Å². The van der Waals surface area contributed by atoms with Crippen molar-refractivity contribution in [1.82, 2.24) is 0 Å². The molecule has 142 valence electrons. The second kappa shape index (κ2) is 10.7. The first-order valence-electron chi connectivity index (χ1n) is 9.67. The Labute approximate surface area is 150 Å². The fraction of sp³-hybridized carbons (Fsp3) is 0.750. The second-order valence-corrected chi connectivity index (χ2v) is 7.19. The fourth-order valence-corrected chi connectivity index (χ4v) is 3.72. The zero-order valence-electron chi connectivity index (χ0n) is 15.2. The largest absolute Gasteiger partial charge is 0.481 e. The first-order chi connectivity index (χ1) is 12.1. The number of rotatable bonds is 12. The molecule has 25 heavy (non-hydrogen) atoms. The van der Waals surface area contributed by atoms with E-state index in [0.29, 0.717) is 12.3 Å². The molecule has 0 spiro atoms. The van der Waals surface area contributed by atoms with Crippen LogP contribution in [-0.2, 0) is 14.6 Å². The van der Waals surface area contributed by atoms with Gasteiger partial charge in [-0.15, -0.1) is 0 Å². The van der Waals surface area contributed by atoms with E-state index >= 15 is 0 Å². The average molecular weight is 352 g/mol. The summed E-state index contributed by atoms with van der Waals surface area (Å²) < 4.78 is 0. The van der Waals surface area contributed by atoms with Gasteiger partial charge in [0.25, 0.3) is 0 Å². The zero-order chi connectivity index (χ0) is 18.1. The van der Waals surface area contributed by atoms with Gasteiger partial charge in [0.05, 0.1) is 12.2 Å². The molecular formula is C20H32O5. The monoisotopic (exact) mass is 352 g/mol. The van der Waals surface area contributed by atoms with Crippen molar-refractivity contribution in [3.63, 3.8) is 0 Å². The fourth-order valence-electron chi connectivity index (χ4n) is 3.72. The first kappa shape index (κ1) is 20.1. The summed E-state index contributed by atoms with van der Waals surface area (Å²) in [4.78, 5) is 21.3. The Morgan fingerprint density at radius 3 is 2.76 bits per heavy atom. The highest BCUT2D eigenvalue weighted by Gasteiger charge is 2.49. The smallest absolute Gasteiger partial charge is 0.303 e. The Morgan fingerprint density at radius 2 is 2.00 bits per heavy atom. The number of hydrogen-bond donors (Lipinski definition) is 2. The van der Waals surface area contributed by atoms with E-state index in [0.717, 1.165) is 44.9 Å². The summed E-state index contributed by atoms with van der Waals surface area (Å²) in [5.41, 5.74) is 0. The maximum absolute atomic E-state index is 10.5. The van der Waals surface area contributed by atoms with E-state index in [1.54, 1.807) is 0 Å². The van der Waals surface area contributed by atoms with Gasteiger partial charge < -0.3 is 10.2 Å². The van der Waals surface area contributed by atoms with Gasteiger partial charge >= 0.3 is 5.97 Å². The van der Waals surface area contributed by atoms with E-state index in [-0.39, 0.29) is 30.7 Å². The molecule has 2 N–H and O–H groups in total. The molecule has 5 heteroatoms. The molecule has 2 aliphatic rings. The highest BCUT2D eigenvalue weighted by molar-refractivity contribution is 5.66. The van der Waals surface area contributed by atoms with E-state index < -0.39 is 5.97 Å². The van der Waals surface area contributed by atoms with Gasteiger partial charge in [0.1, 0.15) is 6.10 Å². The number of allylic oxidation sites excluding steroid dienone is 2. The van der Waals surface area contributed by atoms with Crippen molar-refractivity contribution in [3.8, 4) is 0 Å². The number of aliphatic carboxylic acids is 1. The Hall–Kier alpha value is -1.17. The van der Waals surface area contributed by atoms with Gasteiger partial charge in [0.15, 0.2) is 0 Å². The van der Waals surface area contributed by atoms with Crippen LogP contribution in [0.3, 0.4) is 0 Å². The van der Waals surface area contributed by atoms with Gasteiger partial charge in [-0.05, 0) is 25.7 Å². The molecule has 1 saturated carbocycles. The van der Waals surface area contributed by atoms with Gasteiger partial charge in [-0.1, -0.05) is 50.5 Å². The summed E-state index contributed by atoms with van der Waals surface area (Å²) >= 11 is 0. The minimum Gasteiger partial charge on any atom is -0.481 e. The molecule has 1 heterocycles. The molecule has 2 fully saturated rings. The molecular weight excluding hydrogens is 320 g/mol.